The van der Waals surface area contributed by atoms with Gasteiger partial charge in [-0.25, -0.2) is 4.98 Å². The Morgan fingerprint density at radius 2 is 2.42 bits per heavy atom. The minimum Gasteiger partial charge on any atom is -0.383 e. The number of nitrogen functional groups attached to an aromatic ring is 1. The van der Waals surface area contributed by atoms with Crippen molar-refractivity contribution in [2.75, 3.05) is 36.9 Å². The van der Waals surface area contributed by atoms with E-state index in [0.717, 1.165) is 31.4 Å². The number of piperidine rings is 1. The second kappa shape index (κ2) is 7.70. The Labute approximate surface area is 120 Å². The van der Waals surface area contributed by atoms with Crippen LogP contribution >= 0.6 is 11.3 Å². The van der Waals surface area contributed by atoms with Crippen LogP contribution in [0, 0.1) is 5.92 Å². The number of hydrogen-bond donors (Lipinski definition) is 1. The van der Waals surface area contributed by atoms with Crippen molar-refractivity contribution in [2.45, 2.75) is 39.0 Å². The smallest absolute Gasteiger partial charge is 0.187 e. The maximum atomic E-state index is 5.80. The van der Waals surface area contributed by atoms with Crippen LogP contribution in [0.3, 0.4) is 0 Å². The van der Waals surface area contributed by atoms with Gasteiger partial charge in [0.1, 0.15) is 5.82 Å². The summed E-state index contributed by atoms with van der Waals surface area (Å²) < 4.78 is 5.80. The first-order chi connectivity index (χ1) is 9.29. The predicted octanol–water partition coefficient (Wildman–Crippen LogP) is 3.15. The summed E-state index contributed by atoms with van der Waals surface area (Å²) >= 11 is 1.64. The molecule has 1 aromatic heterocycles. The number of rotatable bonds is 7. The van der Waals surface area contributed by atoms with Gasteiger partial charge in [-0.1, -0.05) is 19.8 Å². The zero-order valence-corrected chi connectivity index (χ0v) is 12.6. The molecule has 1 aromatic rings. The van der Waals surface area contributed by atoms with Crippen molar-refractivity contribution in [1.82, 2.24) is 4.98 Å². The molecule has 1 aliphatic rings. The summed E-state index contributed by atoms with van der Waals surface area (Å²) in [7, 11) is 0. The third kappa shape index (κ3) is 4.66. The number of aromatic nitrogens is 1. The fourth-order valence-corrected chi connectivity index (χ4v) is 3.25. The van der Waals surface area contributed by atoms with E-state index in [1.54, 1.807) is 11.3 Å². The second-order valence-corrected chi connectivity index (χ2v) is 6.13. The fourth-order valence-electron chi connectivity index (χ4n) is 2.50. The lowest BCUT2D eigenvalue weighted by atomic mass is 9.99. The summed E-state index contributed by atoms with van der Waals surface area (Å²) in [4.78, 5) is 6.72. The Kier molecular flexibility index (Phi) is 5.92. The molecule has 1 fully saturated rings. The summed E-state index contributed by atoms with van der Waals surface area (Å²) in [5.74, 6) is 1.28. The third-order valence-corrected chi connectivity index (χ3v) is 4.46. The summed E-state index contributed by atoms with van der Waals surface area (Å²) in [5.41, 5.74) is 5.69. The van der Waals surface area contributed by atoms with Crippen LogP contribution in [0.4, 0.5) is 10.9 Å². The summed E-state index contributed by atoms with van der Waals surface area (Å²) in [5, 5.41) is 2.98. The zero-order chi connectivity index (χ0) is 13.5. The van der Waals surface area contributed by atoms with Gasteiger partial charge in [-0.2, -0.15) is 0 Å². The van der Waals surface area contributed by atoms with Gasteiger partial charge in [0.25, 0.3) is 0 Å². The highest BCUT2D eigenvalue weighted by Gasteiger charge is 2.21. The van der Waals surface area contributed by atoms with E-state index in [4.69, 9.17) is 10.5 Å². The topological polar surface area (TPSA) is 51.4 Å². The van der Waals surface area contributed by atoms with Crippen LogP contribution in [0.2, 0.25) is 0 Å². The molecule has 0 amide bonds. The van der Waals surface area contributed by atoms with Gasteiger partial charge in [0, 0.05) is 25.1 Å². The van der Waals surface area contributed by atoms with Crippen molar-refractivity contribution >= 4 is 22.3 Å². The normalized spacial score (nSPS) is 19.8. The quantitative estimate of drug-likeness (QED) is 0.781. The second-order valence-electron chi connectivity index (χ2n) is 5.29. The van der Waals surface area contributed by atoms with E-state index in [1.165, 1.54) is 32.1 Å². The SMILES string of the molecule is CCCCCOCC1CCCN(c2nc(N)cs2)C1. The van der Waals surface area contributed by atoms with Gasteiger partial charge in [-0.05, 0) is 25.2 Å². The molecule has 0 aromatic carbocycles. The Bertz CT molecular complexity index is 369. The van der Waals surface area contributed by atoms with Gasteiger partial charge in [-0.15, -0.1) is 11.3 Å². The first kappa shape index (κ1) is 14.6. The average molecular weight is 283 g/mol. The molecule has 0 aliphatic carbocycles. The highest BCUT2D eigenvalue weighted by Crippen LogP contribution is 2.27. The monoisotopic (exact) mass is 283 g/mol. The van der Waals surface area contributed by atoms with E-state index in [2.05, 4.69) is 16.8 Å². The molecule has 2 rings (SSSR count). The van der Waals surface area contributed by atoms with E-state index in [1.807, 2.05) is 5.38 Å². The summed E-state index contributed by atoms with van der Waals surface area (Å²) in [6, 6.07) is 0. The summed E-state index contributed by atoms with van der Waals surface area (Å²) in [6.07, 6.45) is 6.21. The molecule has 0 saturated carbocycles. The standard InChI is InChI=1S/C14H25N3OS/c1-2-3-4-8-18-10-12-6-5-7-17(9-12)14-16-13(15)11-19-14/h11-12H,2-10,15H2,1H3. The van der Waals surface area contributed by atoms with Crippen molar-refractivity contribution in [1.29, 1.82) is 0 Å². The summed E-state index contributed by atoms with van der Waals surface area (Å²) in [6.45, 7) is 6.17. The number of anilines is 2. The van der Waals surface area contributed by atoms with Crippen molar-refractivity contribution in [3.8, 4) is 0 Å². The van der Waals surface area contributed by atoms with Gasteiger partial charge in [0.2, 0.25) is 0 Å². The Morgan fingerprint density at radius 1 is 1.53 bits per heavy atom. The van der Waals surface area contributed by atoms with Gasteiger partial charge in [-0.3, -0.25) is 0 Å². The van der Waals surface area contributed by atoms with Crippen molar-refractivity contribution < 1.29 is 4.74 Å². The van der Waals surface area contributed by atoms with E-state index < -0.39 is 0 Å². The lowest BCUT2D eigenvalue weighted by Crippen LogP contribution is -2.37. The van der Waals surface area contributed by atoms with Crippen molar-refractivity contribution in [3.05, 3.63) is 5.38 Å². The Balaban J connectivity index is 1.71. The number of hydrogen-bond acceptors (Lipinski definition) is 5. The van der Waals surface area contributed by atoms with E-state index in [-0.39, 0.29) is 0 Å². The molecule has 0 radical (unpaired) electrons. The number of nitrogens with two attached hydrogens (primary N) is 1. The van der Waals surface area contributed by atoms with Gasteiger partial charge in [0.15, 0.2) is 5.13 Å². The third-order valence-electron chi connectivity index (χ3n) is 3.55. The highest BCUT2D eigenvalue weighted by atomic mass is 32.1. The minimum absolute atomic E-state index is 0.637. The lowest BCUT2D eigenvalue weighted by Gasteiger charge is -2.32. The molecule has 1 aliphatic heterocycles. The molecule has 2 N–H and O–H groups in total. The van der Waals surface area contributed by atoms with Crippen LogP contribution in [-0.2, 0) is 4.74 Å². The average Bonchev–Trinajstić information content (AvgIpc) is 2.86. The number of ether oxygens (including phenoxy) is 1. The molecule has 0 spiro atoms. The van der Waals surface area contributed by atoms with Gasteiger partial charge < -0.3 is 15.4 Å². The molecule has 2 heterocycles. The Morgan fingerprint density at radius 3 is 3.16 bits per heavy atom. The first-order valence-electron chi connectivity index (χ1n) is 7.33. The van der Waals surface area contributed by atoms with E-state index in [9.17, 15) is 0 Å². The predicted molar refractivity (Wildman–Crippen MR) is 81.8 cm³/mol. The fraction of sp³-hybridized carbons (Fsp3) is 0.786. The van der Waals surface area contributed by atoms with Gasteiger partial charge >= 0.3 is 0 Å². The van der Waals surface area contributed by atoms with Gasteiger partial charge in [0.05, 0.1) is 6.61 Å². The van der Waals surface area contributed by atoms with Crippen LogP contribution in [0.5, 0.6) is 0 Å². The van der Waals surface area contributed by atoms with Crippen LogP contribution in [0.1, 0.15) is 39.0 Å². The lowest BCUT2D eigenvalue weighted by molar-refractivity contribution is 0.0907. The Hall–Kier alpha value is -0.810. The maximum Gasteiger partial charge on any atom is 0.187 e. The molecular weight excluding hydrogens is 258 g/mol. The molecule has 0 bridgehead atoms. The van der Waals surface area contributed by atoms with Crippen LogP contribution in [0.15, 0.2) is 5.38 Å². The van der Waals surface area contributed by atoms with E-state index in [0.29, 0.717) is 11.7 Å². The van der Waals surface area contributed by atoms with Crippen LogP contribution in [-0.4, -0.2) is 31.3 Å². The molecule has 5 heteroatoms. The molecule has 1 saturated heterocycles. The van der Waals surface area contributed by atoms with Crippen molar-refractivity contribution in [2.24, 2.45) is 5.92 Å². The first-order valence-corrected chi connectivity index (χ1v) is 8.21. The van der Waals surface area contributed by atoms with Crippen molar-refractivity contribution in [3.63, 3.8) is 0 Å². The molecule has 108 valence electrons. The molecule has 1 atom stereocenters. The molecular formula is C14H25N3OS. The number of unbranched alkanes of at least 4 members (excludes halogenated alkanes) is 2. The molecule has 1 unspecified atom stereocenters. The molecule has 19 heavy (non-hydrogen) atoms. The molecule has 4 nitrogen and oxygen atoms in total. The number of nitrogens with zero attached hydrogens (tertiary/aromatic N) is 2. The van der Waals surface area contributed by atoms with Crippen LogP contribution in [0.25, 0.3) is 0 Å². The number of thiazole rings is 1. The minimum atomic E-state index is 0.637. The maximum absolute atomic E-state index is 5.80. The van der Waals surface area contributed by atoms with E-state index >= 15 is 0 Å². The largest absolute Gasteiger partial charge is 0.383 e. The highest BCUT2D eigenvalue weighted by molar-refractivity contribution is 7.14. The van der Waals surface area contributed by atoms with Crippen LogP contribution < -0.4 is 10.6 Å². The zero-order valence-electron chi connectivity index (χ0n) is 11.8.